The second-order valence-corrected chi connectivity index (χ2v) is 7.21. The summed E-state index contributed by atoms with van der Waals surface area (Å²) in [5.41, 5.74) is 1.64. The Balaban J connectivity index is 1.94. The minimum absolute atomic E-state index is 0.0321. The van der Waals surface area contributed by atoms with Crippen molar-refractivity contribution < 1.29 is 19.0 Å². The molecule has 0 bridgehead atoms. The largest absolute Gasteiger partial charge is 0.485 e. The average Bonchev–Trinajstić information content (AvgIpc) is 2.72. The van der Waals surface area contributed by atoms with Crippen LogP contribution in [-0.4, -0.2) is 19.7 Å². The van der Waals surface area contributed by atoms with Gasteiger partial charge in [-0.15, -0.1) is 0 Å². The first-order valence-electron chi connectivity index (χ1n) is 8.87. The maximum Gasteiger partial charge on any atom is 0.188 e. The SMILES string of the molecule is COCOc1cc(C(C)=O)c(Sc2ccccc2)cc1OCc1ccccc1. The van der Waals surface area contributed by atoms with Crippen LogP contribution >= 0.6 is 11.8 Å². The lowest BCUT2D eigenvalue weighted by atomic mass is 10.1. The Morgan fingerprint density at radius 2 is 1.54 bits per heavy atom. The molecule has 5 heteroatoms. The quantitative estimate of drug-likeness (QED) is 0.349. The fourth-order valence-corrected chi connectivity index (χ4v) is 3.63. The molecule has 0 spiro atoms. The molecule has 0 aliphatic carbocycles. The number of ether oxygens (including phenoxy) is 3. The zero-order valence-corrected chi connectivity index (χ0v) is 16.7. The number of carbonyl (C=O) groups excluding carboxylic acids is 1. The average molecular weight is 394 g/mol. The number of methoxy groups -OCH3 is 1. The van der Waals surface area contributed by atoms with Gasteiger partial charge in [-0.05, 0) is 36.8 Å². The molecule has 0 saturated carbocycles. The molecule has 3 aromatic carbocycles. The zero-order chi connectivity index (χ0) is 19.8. The number of hydrogen-bond acceptors (Lipinski definition) is 5. The van der Waals surface area contributed by atoms with Gasteiger partial charge in [-0.3, -0.25) is 4.79 Å². The molecule has 3 rings (SSSR count). The molecule has 0 N–H and O–H groups in total. The smallest absolute Gasteiger partial charge is 0.188 e. The third-order valence-electron chi connectivity index (χ3n) is 3.97. The van der Waals surface area contributed by atoms with E-state index in [2.05, 4.69) is 0 Å². The predicted molar refractivity (Wildman–Crippen MR) is 110 cm³/mol. The Hall–Kier alpha value is -2.76. The molecule has 4 nitrogen and oxygen atoms in total. The summed E-state index contributed by atoms with van der Waals surface area (Å²) in [6, 6.07) is 23.4. The van der Waals surface area contributed by atoms with Crippen molar-refractivity contribution in [2.24, 2.45) is 0 Å². The van der Waals surface area contributed by atoms with E-state index in [1.807, 2.05) is 66.7 Å². The first-order valence-corrected chi connectivity index (χ1v) is 9.69. The third kappa shape index (κ3) is 5.38. The van der Waals surface area contributed by atoms with Crippen LogP contribution in [0.1, 0.15) is 22.8 Å². The molecule has 28 heavy (non-hydrogen) atoms. The molecule has 0 aliphatic rings. The second kappa shape index (κ2) is 9.97. The van der Waals surface area contributed by atoms with Gasteiger partial charge in [0.15, 0.2) is 24.1 Å². The molecule has 0 radical (unpaired) electrons. The van der Waals surface area contributed by atoms with Gasteiger partial charge in [0.05, 0.1) is 0 Å². The van der Waals surface area contributed by atoms with Crippen molar-refractivity contribution in [3.8, 4) is 11.5 Å². The molecule has 0 saturated heterocycles. The molecule has 0 atom stereocenters. The topological polar surface area (TPSA) is 44.8 Å². The van der Waals surface area contributed by atoms with Crippen LogP contribution in [0.3, 0.4) is 0 Å². The van der Waals surface area contributed by atoms with E-state index in [-0.39, 0.29) is 12.6 Å². The third-order valence-corrected chi connectivity index (χ3v) is 5.03. The Morgan fingerprint density at radius 3 is 2.18 bits per heavy atom. The second-order valence-electron chi connectivity index (χ2n) is 6.09. The van der Waals surface area contributed by atoms with E-state index in [0.29, 0.717) is 23.7 Å². The lowest BCUT2D eigenvalue weighted by molar-refractivity contribution is 0.0482. The highest BCUT2D eigenvalue weighted by atomic mass is 32.2. The van der Waals surface area contributed by atoms with Gasteiger partial charge in [0, 0.05) is 22.5 Å². The maximum atomic E-state index is 12.2. The Kier molecular flexibility index (Phi) is 7.12. The predicted octanol–water partition coefficient (Wildman–Crippen LogP) is 5.60. The van der Waals surface area contributed by atoms with Crippen LogP contribution in [-0.2, 0) is 11.3 Å². The molecular weight excluding hydrogens is 372 g/mol. The first kappa shape index (κ1) is 20.0. The lowest BCUT2D eigenvalue weighted by Gasteiger charge is -2.16. The minimum Gasteiger partial charge on any atom is -0.485 e. The van der Waals surface area contributed by atoms with E-state index in [1.165, 1.54) is 11.8 Å². The summed E-state index contributed by atoms with van der Waals surface area (Å²) in [4.78, 5) is 14.1. The number of Topliss-reactive ketones (excluding diaryl/α,β-unsaturated/α-hetero) is 1. The molecule has 3 aromatic rings. The van der Waals surface area contributed by atoms with E-state index in [0.717, 1.165) is 15.4 Å². The molecule has 144 valence electrons. The van der Waals surface area contributed by atoms with Crippen LogP contribution < -0.4 is 9.47 Å². The molecule has 0 unspecified atom stereocenters. The molecule has 0 amide bonds. The molecule has 0 fully saturated rings. The summed E-state index contributed by atoms with van der Waals surface area (Å²) in [6.07, 6.45) is 0. The van der Waals surface area contributed by atoms with E-state index >= 15 is 0 Å². The number of benzene rings is 3. The van der Waals surface area contributed by atoms with Gasteiger partial charge in [0.2, 0.25) is 0 Å². The molecular formula is C23H22O4S. The van der Waals surface area contributed by atoms with Crippen LogP contribution in [0.15, 0.2) is 82.6 Å². The number of ketones is 1. The summed E-state index contributed by atoms with van der Waals surface area (Å²) in [7, 11) is 1.55. The normalized spacial score (nSPS) is 10.5. The maximum absolute atomic E-state index is 12.2. The summed E-state index contributed by atoms with van der Waals surface area (Å²) < 4.78 is 16.7. The summed E-state index contributed by atoms with van der Waals surface area (Å²) in [5, 5.41) is 0. The van der Waals surface area contributed by atoms with Crippen LogP contribution in [0.4, 0.5) is 0 Å². The summed E-state index contributed by atoms with van der Waals surface area (Å²) in [5.74, 6) is 1.03. The lowest BCUT2D eigenvalue weighted by Crippen LogP contribution is -2.05. The summed E-state index contributed by atoms with van der Waals surface area (Å²) in [6.45, 7) is 2.03. The number of carbonyl (C=O) groups is 1. The number of rotatable bonds is 9. The van der Waals surface area contributed by atoms with Crippen molar-refractivity contribution in [2.75, 3.05) is 13.9 Å². The summed E-state index contributed by atoms with van der Waals surface area (Å²) >= 11 is 1.52. The standard InChI is InChI=1S/C23H22O4S/c1-17(24)20-13-21(27-16-25-2)22(26-15-18-9-5-3-6-10-18)14-23(20)28-19-11-7-4-8-12-19/h3-14H,15-16H2,1-2H3. The van der Waals surface area contributed by atoms with Gasteiger partial charge in [-0.1, -0.05) is 60.3 Å². The molecule has 0 aromatic heterocycles. The van der Waals surface area contributed by atoms with Crippen LogP contribution in [0, 0.1) is 0 Å². The molecule has 0 aliphatic heterocycles. The van der Waals surface area contributed by atoms with E-state index in [1.54, 1.807) is 20.1 Å². The highest BCUT2D eigenvalue weighted by Gasteiger charge is 2.16. The van der Waals surface area contributed by atoms with Gasteiger partial charge in [-0.2, -0.15) is 0 Å². The Morgan fingerprint density at radius 1 is 0.893 bits per heavy atom. The van der Waals surface area contributed by atoms with Crippen molar-refractivity contribution in [1.29, 1.82) is 0 Å². The van der Waals surface area contributed by atoms with Crippen molar-refractivity contribution in [3.63, 3.8) is 0 Å². The van der Waals surface area contributed by atoms with Gasteiger partial charge in [0.25, 0.3) is 0 Å². The van der Waals surface area contributed by atoms with Gasteiger partial charge in [0.1, 0.15) is 6.61 Å². The number of hydrogen-bond donors (Lipinski definition) is 0. The Labute approximate surface area is 169 Å². The molecule has 0 heterocycles. The van der Waals surface area contributed by atoms with Crippen molar-refractivity contribution in [3.05, 3.63) is 83.9 Å². The highest BCUT2D eigenvalue weighted by Crippen LogP contribution is 2.39. The van der Waals surface area contributed by atoms with Crippen LogP contribution in [0.2, 0.25) is 0 Å². The van der Waals surface area contributed by atoms with E-state index in [4.69, 9.17) is 14.2 Å². The fraction of sp³-hybridized carbons (Fsp3) is 0.174. The van der Waals surface area contributed by atoms with E-state index in [9.17, 15) is 4.79 Å². The van der Waals surface area contributed by atoms with Gasteiger partial charge < -0.3 is 14.2 Å². The highest BCUT2D eigenvalue weighted by molar-refractivity contribution is 7.99. The van der Waals surface area contributed by atoms with Crippen molar-refractivity contribution in [2.45, 2.75) is 23.3 Å². The van der Waals surface area contributed by atoms with E-state index < -0.39 is 0 Å². The van der Waals surface area contributed by atoms with Crippen LogP contribution in [0.25, 0.3) is 0 Å². The monoisotopic (exact) mass is 394 g/mol. The van der Waals surface area contributed by atoms with Crippen LogP contribution in [0.5, 0.6) is 11.5 Å². The van der Waals surface area contributed by atoms with Crippen molar-refractivity contribution in [1.82, 2.24) is 0 Å². The first-order chi connectivity index (χ1) is 13.7. The minimum atomic E-state index is -0.0321. The zero-order valence-electron chi connectivity index (χ0n) is 15.9. The fourth-order valence-electron chi connectivity index (χ4n) is 2.60. The van der Waals surface area contributed by atoms with Gasteiger partial charge in [-0.25, -0.2) is 0 Å². The van der Waals surface area contributed by atoms with Crippen molar-refractivity contribution >= 4 is 17.5 Å². The Bertz CT molecular complexity index is 911. The van der Waals surface area contributed by atoms with Gasteiger partial charge >= 0.3 is 0 Å².